The summed E-state index contributed by atoms with van der Waals surface area (Å²) in [4.78, 5) is 12.1. The maximum Gasteiger partial charge on any atom is 0.416 e. The highest BCUT2D eigenvalue weighted by molar-refractivity contribution is 8.00. The lowest BCUT2D eigenvalue weighted by molar-refractivity contribution is -0.137. The van der Waals surface area contributed by atoms with E-state index in [-0.39, 0.29) is 22.9 Å². The number of carbonyl (C=O) groups is 1. The van der Waals surface area contributed by atoms with Crippen LogP contribution in [-0.2, 0) is 23.1 Å². The standard InChI is InChI=1S/C18H13F4N3OS2/c19-14-6-4-11(5-7-14)10-27-17-25-24-16(28-17)23-15(26)9-12-2-1-3-13(8-12)18(20,21)22/h1-8H,9-10H2,(H,23,24,26). The molecule has 2 aromatic carbocycles. The lowest BCUT2D eigenvalue weighted by atomic mass is 10.1. The van der Waals surface area contributed by atoms with Gasteiger partial charge in [-0.3, -0.25) is 4.79 Å². The summed E-state index contributed by atoms with van der Waals surface area (Å²) in [5.41, 5.74) is 0.368. The minimum Gasteiger partial charge on any atom is -0.300 e. The van der Waals surface area contributed by atoms with E-state index in [2.05, 4.69) is 15.5 Å². The molecule has 0 radical (unpaired) electrons. The van der Waals surface area contributed by atoms with Gasteiger partial charge in [0.2, 0.25) is 11.0 Å². The van der Waals surface area contributed by atoms with Gasteiger partial charge in [0.1, 0.15) is 5.82 Å². The minimum absolute atomic E-state index is 0.207. The van der Waals surface area contributed by atoms with Crippen molar-refractivity contribution in [2.24, 2.45) is 0 Å². The zero-order valence-corrected chi connectivity index (χ0v) is 15.8. The van der Waals surface area contributed by atoms with E-state index in [0.717, 1.165) is 29.0 Å². The van der Waals surface area contributed by atoms with Crippen molar-refractivity contribution >= 4 is 34.1 Å². The Balaban J connectivity index is 1.54. The van der Waals surface area contributed by atoms with Crippen LogP contribution in [0.5, 0.6) is 0 Å². The van der Waals surface area contributed by atoms with E-state index in [1.165, 1.54) is 36.0 Å². The molecule has 1 amide bonds. The van der Waals surface area contributed by atoms with Gasteiger partial charge >= 0.3 is 6.18 Å². The first-order chi connectivity index (χ1) is 13.3. The number of nitrogens with one attached hydrogen (secondary N) is 1. The third-order valence-corrected chi connectivity index (χ3v) is 5.59. The largest absolute Gasteiger partial charge is 0.416 e. The molecule has 0 spiro atoms. The molecule has 0 fully saturated rings. The first-order valence-corrected chi connectivity index (χ1v) is 9.76. The smallest absolute Gasteiger partial charge is 0.300 e. The summed E-state index contributed by atoms with van der Waals surface area (Å²) < 4.78 is 51.7. The number of rotatable bonds is 6. The maximum absolute atomic E-state index is 12.9. The van der Waals surface area contributed by atoms with Crippen LogP contribution in [0.1, 0.15) is 16.7 Å². The van der Waals surface area contributed by atoms with E-state index in [4.69, 9.17) is 0 Å². The van der Waals surface area contributed by atoms with Crippen LogP contribution in [0.15, 0.2) is 52.9 Å². The molecule has 3 aromatic rings. The molecule has 4 nitrogen and oxygen atoms in total. The Bertz CT molecular complexity index is 958. The fourth-order valence-electron chi connectivity index (χ4n) is 2.25. The third kappa shape index (κ3) is 5.77. The van der Waals surface area contributed by atoms with Gasteiger partial charge in [-0.15, -0.1) is 10.2 Å². The van der Waals surface area contributed by atoms with Crippen LogP contribution in [0.25, 0.3) is 0 Å². The van der Waals surface area contributed by atoms with E-state index < -0.39 is 17.6 Å². The van der Waals surface area contributed by atoms with Gasteiger partial charge in [-0.2, -0.15) is 13.2 Å². The normalized spacial score (nSPS) is 11.4. The minimum atomic E-state index is -4.46. The topological polar surface area (TPSA) is 54.9 Å². The summed E-state index contributed by atoms with van der Waals surface area (Å²) in [5.74, 6) is -0.228. The number of amides is 1. The van der Waals surface area contributed by atoms with Gasteiger partial charge in [0, 0.05) is 5.75 Å². The summed E-state index contributed by atoms with van der Waals surface area (Å²) in [6, 6.07) is 10.7. The Morgan fingerprint density at radius 1 is 1.07 bits per heavy atom. The molecular formula is C18H13F4N3OS2. The van der Waals surface area contributed by atoms with Crippen molar-refractivity contribution in [2.45, 2.75) is 22.7 Å². The predicted octanol–water partition coefficient (Wildman–Crippen LogP) is 5.17. The van der Waals surface area contributed by atoms with Gasteiger partial charge in [-0.25, -0.2) is 4.39 Å². The molecule has 1 aromatic heterocycles. The maximum atomic E-state index is 12.9. The number of hydrogen-bond acceptors (Lipinski definition) is 5. The van der Waals surface area contributed by atoms with Crippen LogP contribution < -0.4 is 5.32 Å². The monoisotopic (exact) mass is 427 g/mol. The van der Waals surface area contributed by atoms with Gasteiger partial charge < -0.3 is 5.32 Å². The number of benzene rings is 2. The summed E-state index contributed by atoms with van der Waals surface area (Å²) in [6.45, 7) is 0. The van der Waals surface area contributed by atoms with Crippen molar-refractivity contribution < 1.29 is 22.4 Å². The van der Waals surface area contributed by atoms with E-state index in [1.807, 2.05) is 0 Å². The van der Waals surface area contributed by atoms with E-state index >= 15 is 0 Å². The van der Waals surface area contributed by atoms with Crippen molar-refractivity contribution in [3.63, 3.8) is 0 Å². The molecule has 0 unspecified atom stereocenters. The average molecular weight is 427 g/mol. The van der Waals surface area contributed by atoms with Crippen molar-refractivity contribution in [3.8, 4) is 0 Å². The second-order valence-corrected chi connectivity index (χ2v) is 7.91. The molecule has 0 saturated heterocycles. The molecule has 3 rings (SSSR count). The number of carbonyl (C=O) groups excluding carboxylic acids is 1. The number of hydrogen-bond donors (Lipinski definition) is 1. The highest BCUT2D eigenvalue weighted by Gasteiger charge is 2.30. The van der Waals surface area contributed by atoms with Crippen molar-refractivity contribution in [1.82, 2.24) is 10.2 Å². The number of anilines is 1. The number of nitrogens with zero attached hydrogens (tertiary/aromatic N) is 2. The Labute approximate surface area is 166 Å². The van der Waals surface area contributed by atoms with E-state index in [0.29, 0.717) is 10.1 Å². The fraction of sp³-hybridized carbons (Fsp3) is 0.167. The second kappa shape index (κ2) is 8.70. The van der Waals surface area contributed by atoms with Crippen molar-refractivity contribution in [2.75, 3.05) is 5.32 Å². The highest BCUT2D eigenvalue weighted by atomic mass is 32.2. The first-order valence-electron chi connectivity index (χ1n) is 7.96. The van der Waals surface area contributed by atoms with Crippen LogP contribution in [0.3, 0.4) is 0 Å². The second-order valence-electron chi connectivity index (χ2n) is 5.71. The van der Waals surface area contributed by atoms with Gasteiger partial charge in [0.05, 0.1) is 12.0 Å². The van der Waals surface area contributed by atoms with Crippen molar-refractivity contribution in [1.29, 1.82) is 0 Å². The lowest BCUT2D eigenvalue weighted by Gasteiger charge is -2.08. The van der Waals surface area contributed by atoms with E-state index in [9.17, 15) is 22.4 Å². The quantitative estimate of drug-likeness (QED) is 0.335. The third-order valence-electron chi connectivity index (χ3n) is 3.55. The Kier molecular flexibility index (Phi) is 6.30. The molecule has 0 aliphatic rings. The van der Waals surface area contributed by atoms with Crippen LogP contribution >= 0.6 is 23.1 Å². The Morgan fingerprint density at radius 2 is 1.82 bits per heavy atom. The first kappa shape index (κ1) is 20.3. The molecule has 1 heterocycles. The summed E-state index contributed by atoms with van der Waals surface area (Å²) in [6.07, 6.45) is -4.66. The molecule has 146 valence electrons. The van der Waals surface area contributed by atoms with Gasteiger partial charge in [-0.05, 0) is 29.3 Å². The Morgan fingerprint density at radius 3 is 2.54 bits per heavy atom. The number of alkyl halides is 3. The SMILES string of the molecule is O=C(Cc1cccc(C(F)(F)F)c1)Nc1nnc(SCc2ccc(F)cc2)s1. The molecule has 10 heteroatoms. The number of halogens is 4. The van der Waals surface area contributed by atoms with Crippen LogP contribution in [-0.4, -0.2) is 16.1 Å². The predicted molar refractivity (Wildman–Crippen MR) is 99.6 cm³/mol. The summed E-state index contributed by atoms with van der Waals surface area (Å²) >= 11 is 2.54. The van der Waals surface area contributed by atoms with Crippen LogP contribution in [0.2, 0.25) is 0 Å². The molecule has 1 N–H and O–H groups in total. The van der Waals surface area contributed by atoms with E-state index in [1.54, 1.807) is 12.1 Å². The highest BCUT2D eigenvalue weighted by Crippen LogP contribution is 2.30. The summed E-state index contributed by atoms with van der Waals surface area (Å²) in [5, 5.41) is 10.6. The lowest BCUT2D eigenvalue weighted by Crippen LogP contribution is -2.15. The van der Waals surface area contributed by atoms with Gasteiger partial charge in [-0.1, -0.05) is 53.4 Å². The number of aromatic nitrogens is 2. The average Bonchev–Trinajstić information content (AvgIpc) is 3.08. The molecule has 0 aliphatic heterocycles. The van der Waals surface area contributed by atoms with Crippen LogP contribution in [0.4, 0.5) is 22.7 Å². The van der Waals surface area contributed by atoms with Crippen molar-refractivity contribution in [3.05, 3.63) is 71.0 Å². The van der Waals surface area contributed by atoms with Gasteiger partial charge in [0.25, 0.3) is 0 Å². The molecule has 0 bridgehead atoms. The molecule has 28 heavy (non-hydrogen) atoms. The molecule has 0 aliphatic carbocycles. The van der Waals surface area contributed by atoms with Gasteiger partial charge in [0.15, 0.2) is 4.34 Å². The van der Waals surface area contributed by atoms with Crippen LogP contribution in [0, 0.1) is 5.82 Å². The fourth-order valence-corrected chi connectivity index (χ4v) is 3.97. The zero-order chi connectivity index (χ0) is 20.1. The zero-order valence-electron chi connectivity index (χ0n) is 14.2. The molecule has 0 atom stereocenters. The Hall–Kier alpha value is -2.46. The summed E-state index contributed by atoms with van der Waals surface area (Å²) in [7, 11) is 0. The molecule has 0 saturated carbocycles. The molecular weight excluding hydrogens is 414 g/mol. The number of thioether (sulfide) groups is 1.